The monoisotopic (exact) mass is 461 g/mol. The molecule has 8 nitrogen and oxygen atoms in total. The normalized spacial score (nSPS) is 17.4. The molecule has 0 spiro atoms. The molecule has 0 N–H and O–H groups in total. The fourth-order valence-electron chi connectivity index (χ4n) is 4.23. The maximum atomic E-state index is 13.3. The second-order valence-electron chi connectivity index (χ2n) is 8.39. The molecule has 0 radical (unpaired) electrons. The standard InChI is InChI=1S/C22H22F3N5O3/c23-22(24,25)11-19-27-21(33-28-19)29-9-7-17(8-10-29)30(16-5-6-16)20(31)15-3-1-14(2-4-15)18-12-26-13-32-18/h1-4,12-13,16-17H,5-11H2. The van der Waals surface area contributed by atoms with Crippen molar-refractivity contribution < 1.29 is 26.9 Å². The van der Waals surface area contributed by atoms with Crippen molar-refractivity contribution in [3.05, 3.63) is 48.2 Å². The number of carbonyl (C=O) groups is 1. The number of nitrogens with zero attached hydrogens (tertiary/aromatic N) is 5. The molecule has 2 aromatic heterocycles. The van der Waals surface area contributed by atoms with Crippen LogP contribution in [0.1, 0.15) is 41.9 Å². The number of benzene rings is 1. The zero-order chi connectivity index (χ0) is 23.0. The largest absolute Gasteiger partial charge is 0.444 e. The van der Waals surface area contributed by atoms with Gasteiger partial charge in [0.05, 0.1) is 6.20 Å². The first kappa shape index (κ1) is 21.5. The summed E-state index contributed by atoms with van der Waals surface area (Å²) in [6, 6.07) is 7.65. The SMILES string of the molecule is O=C(c1ccc(-c2cnco2)cc1)N(C1CC1)C1CCN(c2nc(CC(F)(F)F)no2)CC1. The van der Waals surface area contributed by atoms with Crippen LogP contribution in [-0.2, 0) is 6.42 Å². The average Bonchev–Trinajstić information content (AvgIpc) is 3.27. The molecule has 1 aliphatic heterocycles. The van der Waals surface area contributed by atoms with Gasteiger partial charge in [0.25, 0.3) is 5.91 Å². The summed E-state index contributed by atoms with van der Waals surface area (Å²) in [5.74, 6) is 0.258. The molecule has 1 aliphatic carbocycles. The van der Waals surface area contributed by atoms with Crippen molar-refractivity contribution in [2.24, 2.45) is 0 Å². The Balaban J connectivity index is 1.23. The van der Waals surface area contributed by atoms with Gasteiger partial charge in [0.2, 0.25) is 0 Å². The number of rotatable bonds is 6. The summed E-state index contributed by atoms with van der Waals surface area (Å²) < 4.78 is 48.0. The highest BCUT2D eigenvalue weighted by Gasteiger charge is 2.39. The van der Waals surface area contributed by atoms with Gasteiger partial charge in [0.1, 0.15) is 6.42 Å². The first-order valence-corrected chi connectivity index (χ1v) is 10.8. The molecule has 33 heavy (non-hydrogen) atoms. The number of aromatic nitrogens is 3. The van der Waals surface area contributed by atoms with Gasteiger partial charge in [0, 0.05) is 36.3 Å². The molecule has 0 bridgehead atoms. The van der Waals surface area contributed by atoms with Crippen LogP contribution in [0.3, 0.4) is 0 Å². The quantitative estimate of drug-likeness (QED) is 0.546. The summed E-state index contributed by atoms with van der Waals surface area (Å²) in [5, 5.41) is 3.44. The summed E-state index contributed by atoms with van der Waals surface area (Å²) in [6.07, 6.45) is 0.694. The Bertz CT molecular complexity index is 1090. The van der Waals surface area contributed by atoms with Crippen LogP contribution in [0.2, 0.25) is 0 Å². The lowest BCUT2D eigenvalue weighted by atomic mass is 10.0. The molecule has 2 aliphatic rings. The minimum absolute atomic E-state index is 0.00896. The van der Waals surface area contributed by atoms with Crippen molar-refractivity contribution in [3.63, 3.8) is 0 Å². The highest BCUT2D eigenvalue weighted by atomic mass is 19.4. The molecule has 2 fully saturated rings. The topological polar surface area (TPSA) is 88.5 Å². The number of anilines is 1. The molecule has 1 aromatic carbocycles. The van der Waals surface area contributed by atoms with Gasteiger partial charge < -0.3 is 18.7 Å². The smallest absolute Gasteiger partial charge is 0.396 e. The van der Waals surface area contributed by atoms with Gasteiger partial charge in [-0.25, -0.2) is 4.98 Å². The minimum atomic E-state index is -4.38. The van der Waals surface area contributed by atoms with Gasteiger partial charge in [-0.05, 0) is 37.8 Å². The first-order valence-electron chi connectivity index (χ1n) is 10.8. The predicted octanol–water partition coefficient (Wildman–Crippen LogP) is 4.10. The van der Waals surface area contributed by atoms with Crippen molar-refractivity contribution in [2.45, 2.75) is 50.4 Å². The zero-order valence-corrected chi connectivity index (χ0v) is 17.7. The minimum Gasteiger partial charge on any atom is -0.444 e. The predicted molar refractivity (Wildman–Crippen MR) is 110 cm³/mol. The van der Waals surface area contributed by atoms with E-state index in [-0.39, 0.29) is 29.8 Å². The van der Waals surface area contributed by atoms with E-state index >= 15 is 0 Å². The highest BCUT2D eigenvalue weighted by Crippen LogP contribution is 2.34. The van der Waals surface area contributed by atoms with E-state index in [1.807, 2.05) is 17.0 Å². The number of halogens is 3. The molecule has 174 valence electrons. The van der Waals surface area contributed by atoms with Crippen LogP contribution in [0.5, 0.6) is 0 Å². The third-order valence-corrected chi connectivity index (χ3v) is 5.97. The van der Waals surface area contributed by atoms with Crippen LogP contribution in [0, 0.1) is 0 Å². The fourth-order valence-corrected chi connectivity index (χ4v) is 4.23. The van der Waals surface area contributed by atoms with E-state index in [9.17, 15) is 18.0 Å². The zero-order valence-electron chi connectivity index (χ0n) is 17.7. The molecule has 5 rings (SSSR count). The Kier molecular flexibility index (Phi) is 5.55. The molecular formula is C22H22F3N5O3. The van der Waals surface area contributed by atoms with Crippen molar-refractivity contribution in [1.82, 2.24) is 20.0 Å². The summed E-state index contributed by atoms with van der Waals surface area (Å²) >= 11 is 0. The van der Waals surface area contributed by atoms with Crippen LogP contribution in [0.15, 0.2) is 45.8 Å². The number of amides is 1. The molecule has 11 heteroatoms. The van der Waals surface area contributed by atoms with Gasteiger partial charge in [0.15, 0.2) is 18.0 Å². The second kappa shape index (κ2) is 8.53. The molecule has 1 saturated carbocycles. The Labute approximate surface area is 187 Å². The Morgan fingerprint density at radius 2 is 1.79 bits per heavy atom. The van der Waals surface area contributed by atoms with Crippen LogP contribution in [0.4, 0.5) is 19.2 Å². The molecule has 0 atom stereocenters. The lowest BCUT2D eigenvalue weighted by Gasteiger charge is -2.38. The van der Waals surface area contributed by atoms with Gasteiger partial charge >= 0.3 is 12.2 Å². The van der Waals surface area contributed by atoms with Crippen LogP contribution in [-0.4, -0.2) is 57.3 Å². The number of carbonyl (C=O) groups excluding carboxylic acids is 1. The Morgan fingerprint density at radius 3 is 2.39 bits per heavy atom. The molecule has 1 amide bonds. The summed E-state index contributed by atoms with van der Waals surface area (Å²) in [4.78, 5) is 24.9. The van der Waals surface area contributed by atoms with Crippen molar-refractivity contribution >= 4 is 11.9 Å². The summed E-state index contributed by atoms with van der Waals surface area (Å²) in [5.41, 5.74) is 1.46. The number of hydrogen-bond donors (Lipinski definition) is 0. The van der Waals surface area contributed by atoms with Crippen molar-refractivity contribution in [2.75, 3.05) is 18.0 Å². The lowest BCUT2D eigenvalue weighted by Crippen LogP contribution is -2.48. The molecule has 3 aromatic rings. The van der Waals surface area contributed by atoms with E-state index in [0.29, 0.717) is 37.3 Å². The van der Waals surface area contributed by atoms with Gasteiger partial charge in [-0.1, -0.05) is 17.3 Å². The Morgan fingerprint density at radius 1 is 1.09 bits per heavy atom. The molecule has 3 heterocycles. The molecular weight excluding hydrogens is 439 g/mol. The first-order chi connectivity index (χ1) is 15.9. The fraction of sp³-hybridized carbons (Fsp3) is 0.455. The maximum absolute atomic E-state index is 13.3. The maximum Gasteiger partial charge on any atom is 0.396 e. The number of oxazole rings is 1. The molecule has 1 saturated heterocycles. The summed E-state index contributed by atoms with van der Waals surface area (Å²) in [6.45, 7) is 1.05. The Hall–Kier alpha value is -3.37. The third kappa shape index (κ3) is 4.86. The lowest BCUT2D eigenvalue weighted by molar-refractivity contribution is -0.128. The van der Waals surface area contributed by atoms with Crippen LogP contribution >= 0.6 is 0 Å². The molecule has 0 unspecified atom stereocenters. The second-order valence-corrected chi connectivity index (χ2v) is 8.39. The van der Waals surface area contributed by atoms with Gasteiger partial charge in [-0.3, -0.25) is 4.79 Å². The summed E-state index contributed by atoms with van der Waals surface area (Å²) in [7, 11) is 0. The number of piperidine rings is 1. The van der Waals surface area contributed by atoms with Crippen LogP contribution < -0.4 is 4.90 Å². The van der Waals surface area contributed by atoms with Crippen molar-refractivity contribution in [3.8, 4) is 11.3 Å². The third-order valence-electron chi connectivity index (χ3n) is 5.97. The van der Waals surface area contributed by atoms with E-state index in [4.69, 9.17) is 8.94 Å². The van der Waals surface area contributed by atoms with Gasteiger partial charge in [-0.15, -0.1) is 0 Å². The number of hydrogen-bond acceptors (Lipinski definition) is 7. The number of alkyl halides is 3. The van der Waals surface area contributed by atoms with Gasteiger partial charge in [-0.2, -0.15) is 18.2 Å². The highest BCUT2D eigenvalue weighted by molar-refractivity contribution is 5.95. The van der Waals surface area contributed by atoms with E-state index in [1.165, 1.54) is 6.39 Å². The van der Waals surface area contributed by atoms with E-state index < -0.39 is 12.6 Å². The van der Waals surface area contributed by atoms with E-state index in [0.717, 1.165) is 18.4 Å². The van der Waals surface area contributed by atoms with Crippen LogP contribution in [0.25, 0.3) is 11.3 Å². The van der Waals surface area contributed by atoms with E-state index in [1.54, 1.807) is 23.2 Å². The van der Waals surface area contributed by atoms with E-state index in [2.05, 4.69) is 15.1 Å². The average molecular weight is 461 g/mol. The van der Waals surface area contributed by atoms with Crippen molar-refractivity contribution in [1.29, 1.82) is 0 Å².